The average molecular weight is 270 g/mol. The largest absolute Gasteiger partial charge is 0.312 e. The minimum atomic E-state index is 0.247. The Morgan fingerprint density at radius 1 is 1.59 bits per heavy atom. The van der Waals surface area contributed by atoms with E-state index in [0.717, 1.165) is 17.1 Å². The number of aryl methyl sites for hydroxylation is 2. The van der Waals surface area contributed by atoms with E-state index in [4.69, 9.17) is 11.6 Å². The third kappa shape index (κ3) is 2.70. The van der Waals surface area contributed by atoms with Gasteiger partial charge in [-0.1, -0.05) is 11.6 Å². The maximum Gasteiger partial charge on any atom is 0.0596 e. The zero-order chi connectivity index (χ0) is 12.4. The molecular weight excluding hydrogens is 254 g/mol. The Balaban J connectivity index is 2.21. The molecule has 1 atom stereocenters. The van der Waals surface area contributed by atoms with E-state index in [-0.39, 0.29) is 6.04 Å². The molecule has 92 valence electrons. The van der Waals surface area contributed by atoms with Crippen molar-refractivity contribution in [2.24, 2.45) is 7.05 Å². The van der Waals surface area contributed by atoms with E-state index in [1.807, 2.05) is 37.1 Å². The van der Waals surface area contributed by atoms with E-state index in [2.05, 4.69) is 16.5 Å². The molecule has 0 amide bonds. The molecule has 0 radical (unpaired) electrons. The summed E-state index contributed by atoms with van der Waals surface area (Å²) < 4.78 is 1.93. The van der Waals surface area contributed by atoms with Crippen LogP contribution in [0.5, 0.6) is 0 Å². The molecule has 3 nitrogen and oxygen atoms in total. The number of hydrogen-bond donors (Lipinski definition) is 1. The molecule has 2 rings (SSSR count). The van der Waals surface area contributed by atoms with E-state index in [1.54, 1.807) is 11.3 Å². The molecule has 0 aromatic carbocycles. The molecular formula is C12H16ClN3S. The third-order valence-electron chi connectivity index (χ3n) is 2.82. The number of nitrogens with zero attached hydrogens (tertiary/aromatic N) is 2. The number of aromatic nitrogens is 2. The summed E-state index contributed by atoms with van der Waals surface area (Å²) in [6, 6.07) is 4.31. The topological polar surface area (TPSA) is 29.9 Å². The fourth-order valence-corrected chi connectivity index (χ4v) is 3.24. The lowest BCUT2D eigenvalue weighted by Crippen LogP contribution is -2.19. The first-order chi connectivity index (χ1) is 8.11. The van der Waals surface area contributed by atoms with Gasteiger partial charge >= 0.3 is 0 Å². The number of hydrogen-bond acceptors (Lipinski definition) is 3. The van der Waals surface area contributed by atoms with Crippen molar-refractivity contribution in [3.05, 3.63) is 38.8 Å². The molecule has 1 unspecified atom stereocenters. The van der Waals surface area contributed by atoms with Crippen LogP contribution in [0, 0.1) is 6.92 Å². The van der Waals surface area contributed by atoms with Crippen LogP contribution in [-0.2, 0) is 13.5 Å². The van der Waals surface area contributed by atoms with Gasteiger partial charge in [-0.2, -0.15) is 5.10 Å². The van der Waals surface area contributed by atoms with Crippen LogP contribution in [0.3, 0.4) is 0 Å². The van der Waals surface area contributed by atoms with Gasteiger partial charge in [0.05, 0.1) is 10.7 Å². The predicted molar refractivity (Wildman–Crippen MR) is 72.8 cm³/mol. The van der Waals surface area contributed by atoms with Crippen LogP contribution in [0.2, 0.25) is 5.02 Å². The first kappa shape index (κ1) is 12.6. The Kier molecular flexibility index (Phi) is 3.86. The minimum Gasteiger partial charge on any atom is -0.312 e. The van der Waals surface area contributed by atoms with Gasteiger partial charge in [0.25, 0.3) is 0 Å². The normalized spacial score (nSPS) is 12.9. The Bertz CT molecular complexity index is 504. The second kappa shape index (κ2) is 5.21. The monoisotopic (exact) mass is 269 g/mol. The zero-order valence-corrected chi connectivity index (χ0v) is 11.8. The molecule has 2 heterocycles. The van der Waals surface area contributed by atoms with Gasteiger partial charge < -0.3 is 5.32 Å². The molecule has 2 aromatic rings. The van der Waals surface area contributed by atoms with E-state index in [0.29, 0.717) is 0 Å². The maximum atomic E-state index is 6.17. The fourth-order valence-electron chi connectivity index (χ4n) is 1.94. The molecule has 0 saturated heterocycles. The van der Waals surface area contributed by atoms with Gasteiger partial charge in [0.1, 0.15) is 0 Å². The summed E-state index contributed by atoms with van der Waals surface area (Å²) in [6.07, 6.45) is 0.897. The smallest absolute Gasteiger partial charge is 0.0596 e. The van der Waals surface area contributed by atoms with Crippen LogP contribution in [0.1, 0.15) is 22.3 Å². The molecule has 17 heavy (non-hydrogen) atoms. The van der Waals surface area contributed by atoms with Crippen LogP contribution in [0.15, 0.2) is 17.5 Å². The second-order valence-corrected chi connectivity index (χ2v) is 5.43. The lowest BCUT2D eigenvalue weighted by atomic mass is 10.1. The van der Waals surface area contributed by atoms with Gasteiger partial charge in [-0.15, -0.1) is 11.3 Å². The zero-order valence-electron chi connectivity index (χ0n) is 10.2. The van der Waals surface area contributed by atoms with Gasteiger partial charge in [-0.25, -0.2) is 0 Å². The van der Waals surface area contributed by atoms with Crippen LogP contribution in [-0.4, -0.2) is 16.8 Å². The molecule has 5 heteroatoms. The molecule has 0 aliphatic rings. The van der Waals surface area contributed by atoms with Crippen LogP contribution in [0.25, 0.3) is 0 Å². The Morgan fingerprint density at radius 2 is 2.35 bits per heavy atom. The summed E-state index contributed by atoms with van der Waals surface area (Å²) in [5, 5.41) is 10.5. The summed E-state index contributed by atoms with van der Waals surface area (Å²) >= 11 is 7.86. The fraction of sp³-hybridized carbons (Fsp3) is 0.417. The van der Waals surface area contributed by atoms with Crippen LogP contribution in [0.4, 0.5) is 0 Å². The number of halogens is 1. The maximum absolute atomic E-state index is 6.17. The van der Waals surface area contributed by atoms with Crippen molar-refractivity contribution >= 4 is 22.9 Å². The van der Waals surface area contributed by atoms with Crippen molar-refractivity contribution < 1.29 is 0 Å². The highest BCUT2D eigenvalue weighted by atomic mass is 35.5. The van der Waals surface area contributed by atoms with Crippen molar-refractivity contribution in [2.45, 2.75) is 19.4 Å². The Hall–Kier alpha value is -0.840. The van der Waals surface area contributed by atoms with E-state index in [9.17, 15) is 0 Å². The molecule has 0 bridgehead atoms. The van der Waals surface area contributed by atoms with E-state index < -0.39 is 0 Å². The van der Waals surface area contributed by atoms with E-state index >= 15 is 0 Å². The highest BCUT2D eigenvalue weighted by Crippen LogP contribution is 2.30. The van der Waals surface area contributed by atoms with Crippen molar-refractivity contribution in [3.8, 4) is 0 Å². The van der Waals surface area contributed by atoms with Gasteiger partial charge in [-0.3, -0.25) is 4.68 Å². The van der Waals surface area contributed by atoms with Crippen molar-refractivity contribution in [2.75, 3.05) is 7.05 Å². The molecule has 0 spiro atoms. The first-order valence-corrected chi connectivity index (χ1v) is 6.77. The summed E-state index contributed by atoms with van der Waals surface area (Å²) in [5.41, 5.74) is 2.26. The lowest BCUT2D eigenvalue weighted by Gasteiger charge is -2.15. The number of rotatable bonds is 4. The summed E-state index contributed by atoms with van der Waals surface area (Å²) in [5.74, 6) is 0. The molecule has 0 aliphatic heterocycles. The van der Waals surface area contributed by atoms with Crippen molar-refractivity contribution in [1.29, 1.82) is 0 Å². The first-order valence-electron chi connectivity index (χ1n) is 5.51. The molecule has 0 saturated carbocycles. The predicted octanol–water partition coefficient (Wildman–Crippen LogP) is 2.95. The molecule has 0 fully saturated rings. The van der Waals surface area contributed by atoms with Gasteiger partial charge in [0.15, 0.2) is 0 Å². The SMILES string of the molecule is CNC(Cc1cc(C)nn1C)c1sccc1Cl. The number of nitrogens with one attached hydrogen (secondary N) is 1. The van der Waals surface area contributed by atoms with Gasteiger partial charge in [0.2, 0.25) is 0 Å². The summed E-state index contributed by atoms with van der Waals surface area (Å²) in [6.45, 7) is 2.01. The third-order valence-corrected chi connectivity index (χ3v) is 4.29. The lowest BCUT2D eigenvalue weighted by molar-refractivity contribution is 0.569. The van der Waals surface area contributed by atoms with Crippen molar-refractivity contribution in [3.63, 3.8) is 0 Å². The minimum absolute atomic E-state index is 0.247. The standard InChI is InChI=1S/C12H16ClN3S/c1-8-6-9(16(3)15-8)7-11(14-2)12-10(13)4-5-17-12/h4-6,11,14H,7H2,1-3H3. The average Bonchev–Trinajstić information content (AvgIpc) is 2.82. The molecule has 2 aromatic heterocycles. The van der Waals surface area contributed by atoms with Gasteiger partial charge in [-0.05, 0) is 31.5 Å². The Labute approximate surface area is 110 Å². The van der Waals surface area contributed by atoms with Crippen LogP contribution < -0.4 is 5.32 Å². The Morgan fingerprint density at radius 3 is 2.82 bits per heavy atom. The number of likely N-dealkylation sites (N-methyl/N-ethyl adjacent to an activating group) is 1. The molecule has 0 aliphatic carbocycles. The second-order valence-electron chi connectivity index (χ2n) is 4.08. The van der Waals surface area contributed by atoms with Crippen molar-refractivity contribution in [1.82, 2.24) is 15.1 Å². The van der Waals surface area contributed by atoms with E-state index in [1.165, 1.54) is 10.6 Å². The summed E-state index contributed by atoms with van der Waals surface area (Å²) in [7, 11) is 3.94. The van der Waals surface area contributed by atoms with Gasteiger partial charge in [0, 0.05) is 30.1 Å². The molecule has 1 N–H and O–H groups in total. The highest BCUT2D eigenvalue weighted by molar-refractivity contribution is 7.10. The summed E-state index contributed by atoms with van der Waals surface area (Å²) in [4.78, 5) is 1.19. The highest BCUT2D eigenvalue weighted by Gasteiger charge is 2.16. The number of thiophene rings is 1. The quantitative estimate of drug-likeness (QED) is 0.925. The van der Waals surface area contributed by atoms with Crippen LogP contribution >= 0.6 is 22.9 Å².